The second-order valence-corrected chi connectivity index (χ2v) is 10.3. The third kappa shape index (κ3) is 5.11. The normalized spacial score (nSPS) is 22.3. The molecule has 2 aromatic carbocycles. The van der Waals surface area contributed by atoms with Crippen LogP contribution in [0, 0.1) is 17.6 Å². The molecule has 4 nitrogen and oxygen atoms in total. The van der Waals surface area contributed by atoms with Crippen LogP contribution in [0.2, 0.25) is 0 Å². The van der Waals surface area contributed by atoms with Gasteiger partial charge in [-0.3, -0.25) is 9.29 Å². The van der Waals surface area contributed by atoms with Crippen LogP contribution in [-0.2, 0) is 6.42 Å². The summed E-state index contributed by atoms with van der Waals surface area (Å²) in [5.41, 5.74) is 1.32. The Morgan fingerprint density at radius 1 is 1.11 bits per heavy atom. The van der Waals surface area contributed by atoms with E-state index in [2.05, 4.69) is 4.98 Å². The number of aliphatic hydroxyl groups is 1. The van der Waals surface area contributed by atoms with Crippen molar-refractivity contribution in [1.82, 2.24) is 14.8 Å². The SMILES string of the molecule is C[C@@H]1Cc2c([nH]c3ccccc23)[C@@H](c2c(F)cc([C@H](O)CCN3CC(CF)C3)cc2F)N1CC(F)(F)F. The van der Waals surface area contributed by atoms with Crippen molar-refractivity contribution in [3.63, 3.8) is 0 Å². The van der Waals surface area contributed by atoms with E-state index < -0.39 is 54.8 Å². The molecular formula is C27H29F6N3O. The maximum Gasteiger partial charge on any atom is 0.401 e. The van der Waals surface area contributed by atoms with Crippen LogP contribution in [0.3, 0.4) is 0 Å². The van der Waals surface area contributed by atoms with E-state index in [9.17, 15) is 22.7 Å². The van der Waals surface area contributed by atoms with E-state index in [-0.39, 0.29) is 17.9 Å². The molecule has 37 heavy (non-hydrogen) atoms. The van der Waals surface area contributed by atoms with Crippen LogP contribution < -0.4 is 0 Å². The zero-order valence-corrected chi connectivity index (χ0v) is 20.3. The molecule has 5 rings (SSSR count). The number of nitrogens with zero attached hydrogens (tertiary/aromatic N) is 2. The summed E-state index contributed by atoms with van der Waals surface area (Å²) in [6, 6.07) is 7.29. The number of rotatable bonds is 7. The number of para-hydroxylation sites is 1. The molecule has 0 saturated carbocycles. The fourth-order valence-corrected chi connectivity index (χ4v) is 5.76. The molecule has 0 spiro atoms. The molecule has 1 fully saturated rings. The number of benzene rings is 2. The first-order valence-electron chi connectivity index (χ1n) is 12.4. The number of H-pyrrole nitrogens is 1. The van der Waals surface area contributed by atoms with Gasteiger partial charge in [-0.25, -0.2) is 8.78 Å². The minimum atomic E-state index is -4.57. The van der Waals surface area contributed by atoms with Gasteiger partial charge in [0.1, 0.15) is 11.6 Å². The molecule has 2 aliphatic rings. The Kier molecular flexibility index (Phi) is 7.02. The highest BCUT2D eigenvalue weighted by Gasteiger charge is 2.44. The molecule has 0 amide bonds. The lowest BCUT2D eigenvalue weighted by Gasteiger charge is -2.41. The maximum absolute atomic E-state index is 15.6. The number of hydrogen-bond acceptors (Lipinski definition) is 3. The molecule has 2 aliphatic heterocycles. The molecule has 0 aliphatic carbocycles. The van der Waals surface area contributed by atoms with Crippen LogP contribution in [0.25, 0.3) is 10.9 Å². The second-order valence-electron chi connectivity index (χ2n) is 10.3. The third-order valence-electron chi connectivity index (χ3n) is 7.61. The lowest BCUT2D eigenvalue weighted by atomic mass is 9.87. The summed E-state index contributed by atoms with van der Waals surface area (Å²) >= 11 is 0. The van der Waals surface area contributed by atoms with Crippen molar-refractivity contribution in [3.8, 4) is 0 Å². The zero-order chi connectivity index (χ0) is 26.5. The van der Waals surface area contributed by atoms with E-state index in [0.29, 0.717) is 37.3 Å². The van der Waals surface area contributed by atoms with Crippen molar-refractivity contribution in [3.05, 3.63) is 70.4 Å². The van der Waals surface area contributed by atoms with Gasteiger partial charge in [0.15, 0.2) is 0 Å². The Hall–Kier alpha value is -2.56. The highest BCUT2D eigenvalue weighted by Crippen LogP contribution is 2.44. The standard InChI is InChI=1S/C27H29F6N3O/c1-15-8-19-18-4-2-3-5-22(18)34-25(19)26(36(15)14-27(31,32)33)24-20(29)9-17(10-21(24)30)23(37)6-7-35-12-16(11-28)13-35/h2-5,9-10,15-16,23,26,34,37H,6-8,11-14H2,1H3/t15-,23-,26-/m1/s1. The van der Waals surface area contributed by atoms with E-state index in [1.165, 1.54) is 0 Å². The van der Waals surface area contributed by atoms with Crippen molar-refractivity contribution < 1.29 is 31.4 Å². The predicted octanol–water partition coefficient (Wildman–Crippen LogP) is 5.67. The van der Waals surface area contributed by atoms with Crippen LogP contribution in [0.5, 0.6) is 0 Å². The van der Waals surface area contributed by atoms with Gasteiger partial charge in [0.05, 0.1) is 25.4 Å². The molecule has 2 N–H and O–H groups in total. The Labute approximate surface area is 210 Å². The van der Waals surface area contributed by atoms with E-state index in [0.717, 1.165) is 28.0 Å². The number of aromatic amines is 1. The number of alkyl halides is 4. The van der Waals surface area contributed by atoms with E-state index >= 15 is 8.78 Å². The van der Waals surface area contributed by atoms with Gasteiger partial charge in [-0.2, -0.15) is 13.2 Å². The van der Waals surface area contributed by atoms with Crippen molar-refractivity contribution >= 4 is 10.9 Å². The van der Waals surface area contributed by atoms with Crippen molar-refractivity contribution in [1.29, 1.82) is 0 Å². The Morgan fingerprint density at radius 2 is 1.78 bits per heavy atom. The molecular weight excluding hydrogens is 496 g/mol. The van der Waals surface area contributed by atoms with Gasteiger partial charge in [0.25, 0.3) is 0 Å². The van der Waals surface area contributed by atoms with E-state index in [1.807, 2.05) is 17.0 Å². The smallest absolute Gasteiger partial charge is 0.388 e. The van der Waals surface area contributed by atoms with Gasteiger partial charge in [-0.05, 0) is 49.1 Å². The highest BCUT2D eigenvalue weighted by molar-refractivity contribution is 5.85. The number of halogens is 6. The van der Waals surface area contributed by atoms with E-state index in [1.54, 1.807) is 19.1 Å². The average Bonchev–Trinajstić information content (AvgIpc) is 3.16. The van der Waals surface area contributed by atoms with Crippen molar-refractivity contribution in [2.45, 2.75) is 44.1 Å². The first-order valence-corrected chi connectivity index (χ1v) is 12.4. The fraction of sp³-hybridized carbons (Fsp3) is 0.481. The molecule has 1 aromatic heterocycles. The first kappa shape index (κ1) is 26.1. The van der Waals surface area contributed by atoms with Crippen LogP contribution in [0.15, 0.2) is 36.4 Å². The Morgan fingerprint density at radius 3 is 2.43 bits per heavy atom. The van der Waals surface area contributed by atoms with Gasteiger partial charge >= 0.3 is 6.18 Å². The summed E-state index contributed by atoms with van der Waals surface area (Å²) in [6.07, 6.45) is -5.24. The molecule has 0 bridgehead atoms. The van der Waals surface area contributed by atoms with Gasteiger partial charge in [0.2, 0.25) is 0 Å². The number of fused-ring (bicyclic) bond motifs is 3. The molecule has 1 saturated heterocycles. The largest absolute Gasteiger partial charge is 0.401 e. The number of hydrogen-bond donors (Lipinski definition) is 2. The van der Waals surface area contributed by atoms with Crippen LogP contribution in [0.4, 0.5) is 26.3 Å². The third-order valence-corrected chi connectivity index (χ3v) is 7.61. The molecule has 3 aromatic rings. The quantitative estimate of drug-likeness (QED) is 0.391. The summed E-state index contributed by atoms with van der Waals surface area (Å²) in [6.45, 7) is 1.49. The van der Waals surface area contributed by atoms with Crippen molar-refractivity contribution in [2.75, 3.05) is 32.9 Å². The summed E-state index contributed by atoms with van der Waals surface area (Å²) < 4.78 is 84.6. The number of likely N-dealkylation sites (tertiary alicyclic amines) is 1. The average molecular weight is 526 g/mol. The van der Waals surface area contributed by atoms with Crippen LogP contribution >= 0.6 is 0 Å². The topological polar surface area (TPSA) is 42.5 Å². The molecule has 200 valence electrons. The first-order chi connectivity index (χ1) is 17.6. The summed E-state index contributed by atoms with van der Waals surface area (Å²) in [5, 5.41) is 11.4. The van der Waals surface area contributed by atoms with Gasteiger partial charge < -0.3 is 15.0 Å². The van der Waals surface area contributed by atoms with Crippen LogP contribution in [0.1, 0.15) is 47.9 Å². The molecule has 0 radical (unpaired) electrons. The zero-order valence-electron chi connectivity index (χ0n) is 20.3. The molecule has 3 heterocycles. The van der Waals surface area contributed by atoms with Gasteiger partial charge in [-0.15, -0.1) is 0 Å². The van der Waals surface area contributed by atoms with E-state index in [4.69, 9.17) is 0 Å². The summed E-state index contributed by atoms with van der Waals surface area (Å²) in [7, 11) is 0. The lowest BCUT2D eigenvalue weighted by Crippen LogP contribution is -2.48. The maximum atomic E-state index is 15.6. The number of nitrogens with one attached hydrogen (secondary N) is 1. The second kappa shape index (κ2) is 9.96. The molecule has 0 unspecified atom stereocenters. The lowest BCUT2D eigenvalue weighted by molar-refractivity contribution is -0.155. The number of aromatic nitrogens is 1. The van der Waals surface area contributed by atoms with Crippen LogP contribution in [-0.4, -0.2) is 65.0 Å². The highest BCUT2D eigenvalue weighted by atomic mass is 19.4. The Balaban J connectivity index is 1.50. The molecule has 10 heteroatoms. The van der Waals surface area contributed by atoms with Crippen molar-refractivity contribution in [2.24, 2.45) is 5.92 Å². The summed E-state index contributed by atoms with van der Waals surface area (Å²) in [4.78, 5) is 6.16. The minimum absolute atomic E-state index is 0.0154. The fourth-order valence-electron chi connectivity index (χ4n) is 5.76. The number of aliphatic hydroxyl groups excluding tert-OH is 1. The van der Waals surface area contributed by atoms with Gasteiger partial charge in [0, 0.05) is 53.8 Å². The monoisotopic (exact) mass is 525 g/mol. The summed E-state index contributed by atoms with van der Waals surface area (Å²) in [5.74, 6) is -2.03. The molecule has 3 atom stereocenters. The Bertz CT molecular complexity index is 1250. The minimum Gasteiger partial charge on any atom is -0.388 e. The predicted molar refractivity (Wildman–Crippen MR) is 128 cm³/mol. The van der Waals surface area contributed by atoms with Gasteiger partial charge in [-0.1, -0.05) is 18.2 Å².